The molecule has 0 unspecified atom stereocenters. The number of hydrogen-bond donors (Lipinski definition) is 0. The van der Waals surface area contributed by atoms with E-state index in [0.717, 1.165) is 5.52 Å². The van der Waals surface area contributed by atoms with Crippen molar-refractivity contribution in [1.29, 1.82) is 0 Å². The number of benzene rings is 4. The maximum Gasteiger partial charge on any atom is 0.0894 e. The summed E-state index contributed by atoms with van der Waals surface area (Å²) in [5.74, 6) is 0. The second-order valence-corrected chi connectivity index (χ2v) is 9.10. The number of nitrogens with zero attached hydrogens (tertiary/aromatic N) is 2. The Bertz CT molecular complexity index is 1720. The van der Waals surface area contributed by atoms with Crippen LogP contribution in [0, 0.1) is 0 Å². The van der Waals surface area contributed by atoms with Gasteiger partial charge >= 0.3 is 0 Å². The Morgan fingerprint density at radius 1 is 0.594 bits per heavy atom. The molecule has 7 rings (SSSR count). The molecule has 0 radical (unpaired) electrons. The zero-order valence-corrected chi connectivity index (χ0v) is 18.0. The Balaban J connectivity index is 1.42. The molecule has 0 spiro atoms. The molecular weight excluding hydrogens is 408 g/mol. The summed E-state index contributed by atoms with van der Waals surface area (Å²) < 4.78 is 4.89. The maximum atomic E-state index is 4.69. The topological polar surface area (TPSA) is 17.8 Å². The molecule has 0 aliphatic carbocycles. The first-order valence-electron chi connectivity index (χ1n) is 10.7. The summed E-state index contributed by atoms with van der Waals surface area (Å²) in [6.07, 6.45) is 1.93. The molecule has 0 aliphatic rings. The van der Waals surface area contributed by atoms with Crippen molar-refractivity contribution in [1.82, 2.24) is 9.55 Å². The van der Waals surface area contributed by atoms with E-state index in [1.807, 2.05) is 17.5 Å². The number of aromatic nitrogens is 2. The van der Waals surface area contributed by atoms with Gasteiger partial charge in [0.25, 0.3) is 0 Å². The van der Waals surface area contributed by atoms with E-state index in [1.54, 1.807) is 0 Å². The van der Waals surface area contributed by atoms with Gasteiger partial charge in [-0.2, -0.15) is 0 Å². The van der Waals surface area contributed by atoms with Crippen molar-refractivity contribution in [3.05, 3.63) is 109 Å². The van der Waals surface area contributed by atoms with Crippen LogP contribution in [0.2, 0.25) is 0 Å². The van der Waals surface area contributed by atoms with Crippen molar-refractivity contribution in [3.63, 3.8) is 0 Å². The lowest BCUT2D eigenvalue weighted by atomic mass is 10.1. The second-order valence-electron chi connectivity index (χ2n) is 8.05. The van der Waals surface area contributed by atoms with Crippen LogP contribution < -0.4 is 0 Å². The molecule has 0 saturated heterocycles. The Labute approximate surface area is 189 Å². The summed E-state index contributed by atoms with van der Waals surface area (Å²) in [6.45, 7) is 0. The molecule has 0 atom stereocenters. The highest BCUT2D eigenvalue weighted by atomic mass is 32.1. The van der Waals surface area contributed by atoms with Gasteiger partial charge in [0, 0.05) is 38.3 Å². The minimum absolute atomic E-state index is 1.09. The van der Waals surface area contributed by atoms with E-state index in [0.29, 0.717) is 0 Å². The molecule has 0 aliphatic heterocycles. The van der Waals surface area contributed by atoms with E-state index >= 15 is 0 Å². The molecule has 0 N–H and O–H groups in total. The van der Waals surface area contributed by atoms with Crippen LogP contribution in [-0.4, -0.2) is 9.55 Å². The van der Waals surface area contributed by atoms with Crippen LogP contribution in [0.3, 0.4) is 0 Å². The molecule has 3 aromatic heterocycles. The lowest BCUT2D eigenvalue weighted by Crippen LogP contribution is -1.93. The highest BCUT2D eigenvalue weighted by Gasteiger charge is 2.13. The maximum absolute atomic E-state index is 4.69. The zero-order chi connectivity index (χ0) is 21.1. The zero-order valence-electron chi connectivity index (χ0n) is 17.2. The molecule has 32 heavy (non-hydrogen) atoms. The van der Waals surface area contributed by atoms with Crippen molar-refractivity contribution < 1.29 is 0 Å². The first-order chi connectivity index (χ1) is 15.9. The molecule has 0 bridgehead atoms. The van der Waals surface area contributed by atoms with Crippen LogP contribution in [-0.2, 0) is 0 Å². The quantitative estimate of drug-likeness (QED) is 0.272. The summed E-state index contributed by atoms with van der Waals surface area (Å²) in [5.41, 5.74) is 7.19. The minimum atomic E-state index is 1.09. The molecule has 3 heterocycles. The van der Waals surface area contributed by atoms with Gasteiger partial charge in [0.05, 0.1) is 21.3 Å². The molecule has 150 valence electrons. The van der Waals surface area contributed by atoms with Gasteiger partial charge in [0.15, 0.2) is 0 Å². The third-order valence-corrected chi connectivity index (χ3v) is 7.47. The van der Waals surface area contributed by atoms with Crippen LogP contribution in [0.15, 0.2) is 109 Å². The van der Waals surface area contributed by atoms with Crippen molar-refractivity contribution in [2.45, 2.75) is 0 Å². The Morgan fingerprint density at radius 3 is 1.94 bits per heavy atom. The van der Waals surface area contributed by atoms with Gasteiger partial charge in [-0.3, -0.25) is 4.98 Å². The van der Waals surface area contributed by atoms with E-state index in [-0.39, 0.29) is 0 Å². The second kappa shape index (κ2) is 6.78. The van der Waals surface area contributed by atoms with Crippen LogP contribution in [0.5, 0.6) is 0 Å². The average Bonchev–Trinajstić information content (AvgIpc) is 3.40. The predicted octanol–water partition coefficient (Wildman–Crippen LogP) is 8.21. The van der Waals surface area contributed by atoms with E-state index in [9.17, 15) is 0 Å². The fourth-order valence-corrected chi connectivity index (χ4v) is 6.02. The predicted molar refractivity (Wildman–Crippen MR) is 137 cm³/mol. The van der Waals surface area contributed by atoms with Gasteiger partial charge in [-0.05, 0) is 42.0 Å². The van der Waals surface area contributed by atoms with Crippen molar-refractivity contribution in [2.24, 2.45) is 0 Å². The Hall–Kier alpha value is -3.95. The van der Waals surface area contributed by atoms with Crippen LogP contribution >= 0.6 is 11.3 Å². The number of para-hydroxylation sites is 2. The van der Waals surface area contributed by atoms with Gasteiger partial charge in [-0.1, -0.05) is 66.7 Å². The molecular formula is C29H18N2S. The lowest BCUT2D eigenvalue weighted by Gasteiger charge is -2.09. The summed E-state index contributed by atoms with van der Waals surface area (Å²) in [7, 11) is 0. The number of thiophene rings is 1. The monoisotopic (exact) mass is 426 g/mol. The lowest BCUT2D eigenvalue weighted by molar-refractivity contribution is 1.18. The van der Waals surface area contributed by atoms with Crippen molar-refractivity contribution >= 4 is 53.4 Å². The van der Waals surface area contributed by atoms with Gasteiger partial charge in [0.2, 0.25) is 0 Å². The van der Waals surface area contributed by atoms with Crippen LogP contribution in [0.25, 0.3) is 58.9 Å². The highest BCUT2D eigenvalue weighted by Crippen LogP contribution is 2.39. The molecule has 2 nitrogen and oxygen atoms in total. The third kappa shape index (κ3) is 2.49. The average molecular weight is 427 g/mol. The molecule has 0 amide bonds. The van der Waals surface area contributed by atoms with Crippen LogP contribution in [0.1, 0.15) is 0 Å². The van der Waals surface area contributed by atoms with Gasteiger partial charge < -0.3 is 4.57 Å². The minimum Gasteiger partial charge on any atom is -0.309 e. The van der Waals surface area contributed by atoms with Crippen molar-refractivity contribution in [3.8, 4) is 16.8 Å². The molecule has 0 fully saturated rings. The van der Waals surface area contributed by atoms with Crippen LogP contribution in [0.4, 0.5) is 0 Å². The first-order valence-corrected chi connectivity index (χ1v) is 11.6. The third-order valence-electron chi connectivity index (χ3n) is 6.28. The van der Waals surface area contributed by atoms with E-state index in [4.69, 9.17) is 0 Å². The largest absolute Gasteiger partial charge is 0.309 e. The molecule has 0 saturated carbocycles. The standard InChI is InChI=1S/C29H18N2S/c1-4-10-25-22(7-1)23-8-2-5-11-26(23)31(25)20-15-13-19(14-16-20)21-17-18-30-28-24-9-3-6-12-27(24)32-29(21)28/h1-18H. The molecule has 3 heteroatoms. The SMILES string of the molecule is c1ccc2c(c1)sc1c(-c3ccc(-n4c5ccccc5c5ccccc54)cc3)ccnc12. The number of hydrogen-bond acceptors (Lipinski definition) is 2. The number of fused-ring (bicyclic) bond motifs is 6. The summed E-state index contributed by atoms with van der Waals surface area (Å²) in [5, 5.41) is 3.80. The summed E-state index contributed by atoms with van der Waals surface area (Å²) in [4.78, 5) is 4.69. The van der Waals surface area contributed by atoms with Crippen molar-refractivity contribution in [2.75, 3.05) is 0 Å². The van der Waals surface area contributed by atoms with E-state index in [1.165, 1.54) is 53.4 Å². The number of rotatable bonds is 2. The number of pyridine rings is 1. The molecule has 7 aromatic rings. The van der Waals surface area contributed by atoms with Gasteiger partial charge in [0.1, 0.15) is 0 Å². The fourth-order valence-electron chi connectivity index (χ4n) is 4.82. The van der Waals surface area contributed by atoms with Gasteiger partial charge in [-0.15, -0.1) is 11.3 Å². The Kier molecular flexibility index (Phi) is 3.75. The van der Waals surface area contributed by atoms with Gasteiger partial charge in [-0.25, -0.2) is 0 Å². The summed E-state index contributed by atoms with van der Waals surface area (Å²) in [6, 6.07) is 36.8. The first kappa shape index (κ1) is 17.7. The van der Waals surface area contributed by atoms with E-state index < -0.39 is 0 Å². The Morgan fingerprint density at radius 2 is 1.22 bits per heavy atom. The smallest absolute Gasteiger partial charge is 0.0894 e. The fraction of sp³-hybridized carbons (Fsp3) is 0. The summed E-state index contributed by atoms with van der Waals surface area (Å²) >= 11 is 1.82. The normalized spacial score (nSPS) is 11.8. The molecule has 4 aromatic carbocycles. The highest BCUT2D eigenvalue weighted by molar-refractivity contribution is 7.26. The van der Waals surface area contributed by atoms with E-state index in [2.05, 4.69) is 113 Å².